The lowest BCUT2D eigenvalue weighted by atomic mass is 10.2. The van der Waals surface area contributed by atoms with Gasteiger partial charge < -0.3 is 5.32 Å². The van der Waals surface area contributed by atoms with E-state index in [1.54, 1.807) is 30.3 Å². The normalized spacial score (nSPS) is 11.5. The highest BCUT2D eigenvalue weighted by molar-refractivity contribution is 7.88. The molecule has 0 aromatic heterocycles. The minimum atomic E-state index is -3.56. The number of hydrogen-bond donors (Lipinski definition) is 1. The van der Waals surface area contributed by atoms with Crippen LogP contribution >= 0.6 is 11.6 Å². The van der Waals surface area contributed by atoms with Crippen LogP contribution in [0, 0.1) is 6.92 Å². The van der Waals surface area contributed by atoms with Crippen molar-refractivity contribution in [3.05, 3.63) is 64.7 Å². The van der Waals surface area contributed by atoms with E-state index in [2.05, 4.69) is 5.32 Å². The molecule has 0 bridgehead atoms. The molecule has 0 saturated carbocycles. The molecule has 128 valence electrons. The number of nitrogens with one attached hydrogen (secondary N) is 1. The van der Waals surface area contributed by atoms with E-state index >= 15 is 0 Å². The minimum Gasteiger partial charge on any atom is -0.325 e. The van der Waals surface area contributed by atoms with Crippen LogP contribution in [0.1, 0.15) is 11.1 Å². The maximum atomic E-state index is 12.2. The van der Waals surface area contributed by atoms with E-state index in [-0.39, 0.29) is 13.1 Å². The molecule has 0 aliphatic carbocycles. The standard InChI is InChI=1S/C17H19ClN2O3S/c1-13-6-5-8-15(10-13)19-17(21)12-20(24(2,22)23)11-14-7-3-4-9-16(14)18/h3-10H,11-12H2,1-2H3,(H,19,21). The summed E-state index contributed by atoms with van der Waals surface area (Å²) in [4.78, 5) is 12.2. The third-order valence-electron chi connectivity index (χ3n) is 3.40. The second-order valence-corrected chi connectivity index (χ2v) is 7.93. The van der Waals surface area contributed by atoms with Gasteiger partial charge in [0.2, 0.25) is 15.9 Å². The Morgan fingerprint density at radius 1 is 1.17 bits per heavy atom. The second-order valence-electron chi connectivity index (χ2n) is 5.54. The molecule has 2 aromatic rings. The molecule has 0 radical (unpaired) electrons. The van der Waals surface area contributed by atoms with Crippen LogP contribution in [-0.4, -0.2) is 31.4 Å². The molecule has 0 atom stereocenters. The van der Waals surface area contributed by atoms with Gasteiger partial charge in [0.25, 0.3) is 0 Å². The predicted molar refractivity (Wildman–Crippen MR) is 96.5 cm³/mol. The summed E-state index contributed by atoms with van der Waals surface area (Å²) in [5.74, 6) is -0.405. The van der Waals surface area contributed by atoms with Crippen LogP contribution in [0.25, 0.3) is 0 Å². The molecule has 2 aromatic carbocycles. The average Bonchev–Trinajstić information content (AvgIpc) is 2.47. The summed E-state index contributed by atoms with van der Waals surface area (Å²) < 4.78 is 25.1. The van der Waals surface area contributed by atoms with Gasteiger partial charge in [0.1, 0.15) is 0 Å². The summed E-state index contributed by atoms with van der Waals surface area (Å²) in [7, 11) is -3.56. The Kier molecular flexibility index (Phi) is 5.99. The summed E-state index contributed by atoms with van der Waals surface area (Å²) in [6.45, 7) is 1.67. The molecule has 0 fully saturated rings. The van der Waals surface area contributed by atoms with Crippen LogP contribution < -0.4 is 5.32 Å². The number of carbonyl (C=O) groups excluding carboxylic acids is 1. The van der Waals surface area contributed by atoms with Crippen molar-refractivity contribution in [1.82, 2.24) is 4.31 Å². The third kappa shape index (κ3) is 5.33. The minimum absolute atomic E-state index is 0.0414. The van der Waals surface area contributed by atoms with Crippen molar-refractivity contribution in [3.63, 3.8) is 0 Å². The van der Waals surface area contributed by atoms with Gasteiger partial charge in [-0.2, -0.15) is 4.31 Å². The van der Waals surface area contributed by atoms with Crippen molar-refractivity contribution in [3.8, 4) is 0 Å². The predicted octanol–water partition coefficient (Wildman–Crippen LogP) is 3.05. The highest BCUT2D eigenvalue weighted by Crippen LogP contribution is 2.18. The van der Waals surface area contributed by atoms with Crippen LogP contribution in [0.2, 0.25) is 5.02 Å². The molecular weight excluding hydrogens is 348 g/mol. The highest BCUT2D eigenvalue weighted by Gasteiger charge is 2.21. The molecule has 5 nitrogen and oxygen atoms in total. The first-order valence-corrected chi connectivity index (χ1v) is 9.53. The summed E-state index contributed by atoms with van der Waals surface area (Å²) >= 11 is 6.08. The van der Waals surface area contributed by atoms with Crippen LogP contribution in [0.4, 0.5) is 5.69 Å². The van der Waals surface area contributed by atoms with Gasteiger partial charge in [-0.25, -0.2) is 8.42 Å². The van der Waals surface area contributed by atoms with Crippen molar-refractivity contribution < 1.29 is 13.2 Å². The van der Waals surface area contributed by atoms with Gasteiger partial charge in [0, 0.05) is 17.3 Å². The quantitative estimate of drug-likeness (QED) is 0.854. The Labute approximate surface area is 147 Å². The van der Waals surface area contributed by atoms with Crippen LogP contribution in [-0.2, 0) is 21.4 Å². The molecule has 0 spiro atoms. The number of halogens is 1. The summed E-state index contributed by atoms with van der Waals surface area (Å²) in [6, 6.07) is 14.3. The Morgan fingerprint density at radius 3 is 2.50 bits per heavy atom. The third-order valence-corrected chi connectivity index (χ3v) is 4.96. The van der Waals surface area contributed by atoms with Gasteiger partial charge in [-0.3, -0.25) is 4.79 Å². The lowest BCUT2D eigenvalue weighted by molar-refractivity contribution is -0.116. The van der Waals surface area contributed by atoms with Crippen molar-refractivity contribution in [1.29, 1.82) is 0 Å². The molecule has 0 aliphatic heterocycles. The first-order valence-electron chi connectivity index (χ1n) is 7.31. The zero-order chi connectivity index (χ0) is 17.7. The molecular formula is C17H19ClN2O3S. The van der Waals surface area contributed by atoms with Gasteiger partial charge >= 0.3 is 0 Å². The Morgan fingerprint density at radius 2 is 1.88 bits per heavy atom. The molecule has 0 unspecified atom stereocenters. The van der Waals surface area contributed by atoms with Crippen LogP contribution in [0.15, 0.2) is 48.5 Å². The number of amides is 1. The number of sulfonamides is 1. The molecule has 24 heavy (non-hydrogen) atoms. The molecule has 0 heterocycles. The lowest BCUT2D eigenvalue weighted by Gasteiger charge is -2.20. The zero-order valence-electron chi connectivity index (χ0n) is 13.5. The first-order chi connectivity index (χ1) is 11.3. The zero-order valence-corrected chi connectivity index (χ0v) is 15.1. The fourth-order valence-corrected chi connectivity index (χ4v) is 3.11. The van der Waals surface area contributed by atoms with Crippen LogP contribution in [0.3, 0.4) is 0 Å². The van der Waals surface area contributed by atoms with Crippen molar-refractivity contribution >= 4 is 33.2 Å². The summed E-state index contributed by atoms with van der Waals surface area (Å²) in [6.07, 6.45) is 1.07. The smallest absolute Gasteiger partial charge is 0.239 e. The number of rotatable bonds is 6. The molecule has 1 N–H and O–H groups in total. The highest BCUT2D eigenvalue weighted by atomic mass is 35.5. The van der Waals surface area contributed by atoms with E-state index in [9.17, 15) is 13.2 Å². The monoisotopic (exact) mass is 366 g/mol. The molecule has 0 aliphatic rings. The van der Waals surface area contributed by atoms with Crippen molar-refractivity contribution in [2.45, 2.75) is 13.5 Å². The van der Waals surface area contributed by atoms with E-state index in [0.29, 0.717) is 16.3 Å². The molecule has 7 heteroatoms. The maximum absolute atomic E-state index is 12.2. The largest absolute Gasteiger partial charge is 0.325 e. The van der Waals surface area contributed by atoms with Crippen molar-refractivity contribution in [2.75, 3.05) is 18.1 Å². The van der Waals surface area contributed by atoms with Gasteiger partial charge in [-0.05, 0) is 36.2 Å². The number of aryl methyl sites for hydroxylation is 1. The summed E-state index contributed by atoms with van der Waals surface area (Å²) in [5.41, 5.74) is 2.28. The topological polar surface area (TPSA) is 66.5 Å². The number of benzene rings is 2. The average molecular weight is 367 g/mol. The fraction of sp³-hybridized carbons (Fsp3) is 0.235. The van der Waals surface area contributed by atoms with E-state index in [4.69, 9.17) is 11.6 Å². The second kappa shape index (κ2) is 7.79. The SMILES string of the molecule is Cc1cccc(NC(=O)CN(Cc2ccccc2Cl)S(C)(=O)=O)c1. The van der Waals surface area contributed by atoms with Gasteiger partial charge in [-0.1, -0.05) is 41.9 Å². The van der Waals surface area contributed by atoms with Gasteiger partial charge in [0.15, 0.2) is 0 Å². The number of hydrogen-bond acceptors (Lipinski definition) is 3. The van der Waals surface area contributed by atoms with Gasteiger partial charge in [0.05, 0.1) is 12.8 Å². The lowest BCUT2D eigenvalue weighted by Crippen LogP contribution is -2.37. The van der Waals surface area contributed by atoms with Crippen LogP contribution in [0.5, 0.6) is 0 Å². The fourth-order valence-electron chi connectivity index (χ4n) is 2.19. The van der Waals surface area contributed by atoms with E-state index in [1.165, 1.54) is 0 Å². The van der Waals surface area contributed by atoms with E-state index in [1.807, 2.05) is 25.1 Å². The molecule has 0 saturated heterocycles. The Bertz CT molecular complexity index is 837. The molecule has 1 amide bonds. The maximum Gasteiger partial charge on any atom is 0.239 e. The number of carbonyl (C=O) groups is 1. The molecule has 2 rings (SSSR count). The first kappa shape index (κ1) is 18.4. The van der Waals surface area contributed by atoms with Gasteiger partial charge in [-0.15, -0.1) is 0 Å². The number of nitrogens with zero attached hydrogens (tertiary/aromatic N) is 1. The van der Waals surface area contributed by atoms with E-state index in [0.717, 1.165) is 16.1 Å². The Hall–Kier alpha value is -1.89. The number of anilines is 1. The van der Waals surface area contributed by atoms with E-state index < -0.39 is 15.9 Å². The van der Waals surface area contributed by atoms with Crippen molar-refractivity contribution in [2.24, 2.45) is 0 Å². The Balaban J connectivity index is 2.12. The summed E-state index contributed by atoms with van der Waals surface area (Å²) in [5, 5.41) is 3.17.